The van der Waals surface area contributed by atoms with Crippen LogP contribution in [0.3, 0.4) is 0 Å². The summed E-state index contributed by atoms with van der Waals surface area (Å²) in [6, 6.07) is 14.2. The minimum Gasteiger partial charge on any atom is -0.206 e. The molecule has 0 saturated carbocycles. The molecular formula is C24H26F2. The predicted molar refractivity (Wildman–Crippen MR) is 108 cm³/mol. The maximum Gasteiger partial charge on any atom is 0.137 e. The largest absolute Gasteiger partial charge is 0.206 e. The quantitative estimate of drug-likeness (QED) is 0.394. The Kier molecular flexibility index (Phi) is 4.42. The number of fused-ring (bicyclic) bond motifs is 4. The topological polar surface area (TPSA) is 0 Å². The number of hydrogen-bond acceptors (Lipinski definition) is 0. The zero-order chi connectivity index (χ0) is 19.3. The molecule has 0 aliphatic heterocycles. The van der Waals surface area contributed by atoms with E-state index in [9.17, 15) is 8.78 Å². The molecule has 0 fully saturated rings. The molecule has 0 spiro atoms. The molecule has 0 amide bonds. The third-order valence-electron chi connectivity index (χ3n) is 4.87. The van der Waals surface area contributed by atoms with E-state index < -0.39 is 0 Å². The van der Waals surface area contributed by atoms with Gasteiger partial charge in [0, 0.05) is 21.5 Å². The van der Waals surface area contributed by atoms with E-state index in [4.69, 9.17) is 0 Å². The minimum atomic E-state index is -0.271. The molecule has 4 bridgehead atoms. The van der Waals surface area contributed by atoms with Crippen molar-refractivity contribution in [1.29, 1.82) is 0 Å². The van der Waals surface area contributed by atoms with Crippen LogP contribution in [-0.2, 0) is 10.8 Å². The molecule has 3 aromatic carbocycles. The highest BCUT2D eigenvalue weighted by Gasteiger charge is 2.17. The fourth-order valence-corrected chi connectivity index (χ4v) is 3.05. The van der Waals surface area contributed by atoms with Crippen molar-refractivity contribution in [2.75, 3.05) is 0 Å². The normalized spacial score (nSPS) is 12.6. The van der Waals surface area contributed by atoms with Gasteiger partial charge in [0.05, 0.1) is 0 Å². The Morgan fingerprint density at radius 2 is 0.731 bits per heavy atom. The average molecular weight is 352 g/mol. The lowest BCUT2D eigenvalue weighted by Crippen LogP contribution is -2.11. The fraction of sp³-hybridized carbons (Fsp3) is 0.333. The highest BCUT2D eigenvalue weighted by atomic mass is 19.1. The predicted octanol–water partition coefficient (Wildman–Crippen LogP) is 7.43. The molecule has 26 heavy (non-hydrogen) atoms. The molecule has 0 radical (unpaired) electrons. The van der Waals surface area contributed by atoms with E-state index in [1.165, 1.54) is 0 Å². The molecule has 3 rings (SSSR count). The first-order valence-corrected chi connectivity index (χ1v) is 9.01. The summed E-state index contributed by atoms with van der Waals surface area (Å²) in [5, 5.41) is 1.95. The molecule has 2 heteroatoms. The van der Waals surface area contributed by atoms with Crippen LogP contribution >= 0.6 is 0 Å². The summed E-state index contributed by atoms with van der Waals surface area (Å²) in [7, 11) is 0. The molecule has 0 saturated heterocycles. The molecule has 0 nitrogen and oxygen atoms in total. The van der Waals surface area contributed by atoms with Crippen LogP contribution in [0, 0.1) is 11.6 Å². The van der Waals surface area contributed by atoms with Crippen molar-refractivity contribution < 1.29 is 8.78 Å². The second-order valence-corrected chi connectivity index (χ2v) is 9.10. The van der Waals surface area contributed by atoms with Crippen LogP contribution in [0.2, 0.25) is 0 Å². The smallest absolute Gasteiger partial charge is 0.137 e. The van der Waals surface area contributed by atoms with Gasteiger partial charge in [-0.1, -0.05) is 65.8 Å². The van der Waals surface area contributed by atoms with E-state index in [1.54, 1.807) is 24.3 Å². The summed E-state index contributed by atoms with van der Waals surface area (Å²) >= 11 is 0. The lowest BCUT2D eigenvalue weighted by atomic mass is 9.85. The summed E-state index contributed by atoms with van der Waals surface area (Å²) in [5.74, 6) is -0.542. The number of halogens is 2. The van der Waals surface area contributed by atoms with Crippen LogP contribution in [0.5, 0.6) is 0 Å². The Labute approximate surface area is 154 Å². The van der Waals surface area contributed by atoms with Crippen molar-refractivity contribution >= 4 is 21.5 Å². The third-order valence-corrected chi connectivity index (χ3v) is 4.87. The first-order chi connectivity index (χ1) is 12.0. The zero-order valence-electron chi connectivity index (χ0n) is 16.4. The van der Waals surface area contributed by atoms with E-state index in [2.05, 4.69) is 41.5 Å². The average Bonchev–Trinajstić information content (AvgIpc) is 2.51. The summed E-state index contributed by atoms with van der Waals surface area (Å²) in [6.07, 6.45) is 0. The fourth-order valence-electron chi connectivity index (χ4n) is 3.05. The van der Waals surface area contributed by atoms with Gasteiger partial charge in [-0.05, 0) is 46.2 Å². The third kappa shape index (κ3) is 3.51. The van der Waals surface area contributed by atoms with E-state index in [-0.39, 0.29) is 22.5 Å². The molecule has 0 unspecified atom stereocenters. The van der Waals surface area contributed by atoms with Gasteiger partial charge in [-0.15, -0.1) is 0 Å². The molecule has 0 aliphatic carbocycles. The zero-order valence-corrected chi connectivity index (χ0v) is 16.4. The lowest BCUT2D eigenvalue weighted by molar-refractivity contribution is 0.587. The van der Waals surface area contributed by atoms with Gasteiger partial charge < -0.3 is 0 Å². The van der Waals surface area contributed by atoms with Gasteiger partial charge in [-0.25, -0.2) is 8.78 Å². The maximum absolute atomic E-state index is 14.9. The Bertz CT molecular complexity index is 868. The highest BCUT2D eigenvalue weighted by Crippen LogP contribution is 2.30. The Hall–Kier alpha value is -2.22. The Morgan fingerprint density at radius 1 is 0.500 bits per heavy atom. The van der Waals surface area contributed by atoms with Crippen LogP contribution in [0.15, 0.2) is 48.5 Å². The molecular weight excluding hydrogens is 326 g/mol. The van der Waals surface area contributed by atoms with Gasteiger partial charge in [0.1, 0.15) is 11.6 Å². The molecule has 0 N–H and O–H groups in total. The van der Waals surface area contributed by atoms with Crippen LogP contribution in [0.25, 0.3) is 21.5 Å². The van der Waals surface area contributed by atoms with Gasteiger partial charge in [0.2, 0.25) is 0 Å². The molecule has 3 aromatic rings. The van der Waals surface area contributed by atoms with Crippen LogP contribution < -0.4 is 0 Å². The number of hydrogen-bond donors (Lipinski definition) is 0. The summed E-state index contributed by atoms with van der Waals surface area (Å²) < 4.78 is 29.7. The summed E-state index contributed by atoms with van der Waals surface area (Å²) in [4.78, 5) is 0. The standard InChI is InChI=1S/C24H26F2/c1-23(2,3)19-11-15-7-9-17-13-20(24(4,5)6)14-18(22(17)26)10-8-16(12-19)21(15)25/h7-14H,1-6H3. The van der Waals surface area contributed by atoms with Crippen LogP contribution in [0.4, 0.5) is 8.78 Å². The number of rotatable bonds is 0. The molecule has 0 aromatic heterocycles. The van der Waals surface area contributed by atoms with Crippen molar-refractivity contribution in [1.82, 2.24) is 0 Å². The SMILES string of the molecule is CC(C)(C)c1cc2ccc3cc(C(C)(C)C)cc(ccc(c1)c2F)c3F. The summed E-state index contributed by atoms with van der Waals surface area (Å²) in [5.41, 5.74) is 1.92. The Morgan fingerprint density at radius 3 is 0.923 bits per heavy atom. The van der Waals surface area contributed by atoms with E-state index >= 15 is 0 Å². The van der Waals surface area contributed by atoms with Gasteiger partial charge in [0.25, 0.3) is 0 Å². The highest BCUT2D eigenvalue weighted by molar-refractivity contribution is 5.77. The molecule has 0 heterocycles. The number of benzene rings is 2. The van der Waals surface area contributed by atoms with E-state index in [1.807, 2.05) is 24.3 Å². The van der Waals surface area contributed by atoms with Crippen molar-refractivity contribution in [2.45, 2.75) is 52.4 Å². The Balaban J connectivity index is 2.45. The maximum atomic E-state index is 14.9. The van der Waals surface area contributed by atoms with Gasteiger partial charge >= 0.3 is 0 Å². The first kappa shape index (κ1) is 18.6. The van der Waals surface area contributed by atoms with Gasteiger partial charge in [-0.2, -0.15) is 0 Å². The second kappa shape index (κ2) is 6.19. The molecule has 136 valence electrons. The molecule has 0 aliphatic rings. The van der Waals surface area contributed by atoms with Gasteiger partial charge in [-0.3, -0.25) is 0 Å². The minimum absolute atomic E-state index is 0.0953. The van der Waals surface area contributed by atoms with Crippen LogP contribution in [0.1, 0.15) is 52.7 Å². The van der Waals surface area contributed by atoms with Gasteiger partial charge in [0.15, 0.2) is 0 Å². The second-order valence-electron chi connectivity index (χ2n) is 9.10. The van der Waals surface area contributed by atoms with Crippen molar-refractivity contribution in [3.8, 4) is 0 Å². The van der Waals surface area contributed by atoms with Crippen molar-refractivity contribution in [3.05, 3.63) is 71.3 Å². The lowest BCUT2D eigenvalue weighted by Gasteiger charge is -2.20. The van der Waals surface area contributed by atoms with Crippen molar-refractivity contribution in [3.63, 3.8) is 0 Å². The van der Waals surface area contributed by atoms with Crippen molar-refractivity contribution in [2.24, 2.45) is 0 Å². The first-order valence-electron chi connectivity index (χ1n) is 9.01. The van der Waals surface area contributed by atoms with E-state index in [0.717, 1.165) is 11.1 Å². The summed E-state index contributed by atoms with van der Waals surface area (Å²) in [6.45, 7) is 12.6. The van der Waals surface area contributed by atoms with E-state index in [0.29, 0.717) is 21.5 Å². The molecule has 0 atom stereocenters. The monoisotopic (exact) mass is 352 g/mol. The van der Waals surface area contributed by atoms with Crippen LogP contribution in [-0.4, -0.2) is 0 Å².